The first-order valence-electron chi connectivity index (χ1n) is 14.1. The SMILES string of the molecule is COc1cc(OC)cc([C@H]2[C@H](C(=O)C34CC5CC(CC(C5)C3)C4)N3C=Cc4ccccc4[C@H]3C2(C#N)C#N)c1. The summed E-state index contributed by atoms with van der Waals surface area (Å²) in [5, 5.41) is 21.8. The minimum absolute atomic E-state index is 0.217. The van der Waals surface area contributed by atoms with Crippen LogP contribution in [0.5, 0.6) is 11.5 Å². The molecule has 6 aliphatic rings. The van der Waals surface area contributed by atoms with E-state index >= 15 is 4.79 Å². The maximum Gasteiger partial charge on any atom is 0.177 e. The lowest BCUT2D eigenvalue weighted by molar-refractivity contribution is -0.148. The Hall–Kier alpha value is -3.77. The molecular formula is C33H33N3O3. The number of methoxy groups -OCH3 is 2. The van der Waals surface area contributed by atoms with Crippen LogP contribution in [0.1, 0.15) is 67.2 Å². The van der Waals surface area contributed by atoms with Gasteiger partial charge in [0.05, 0.1) is 38.4 Å². The Morgan fingerprint density at radius 3 is 2.08 bits per heavy atom. The summed E-state index contributed by atoms with van der Waals surface area (Å²) < 4.78 is 11.2. The quantitative estimate of drug-likeness (QED) is 0.480. The van der Waals surface area contributed by atoms with Crippen LogP contribution in [0.2, 0.25) is 0 Å². The second-order valence-electron chi connectivity index (χ2n) is 12.5. The number of nitriles is 2. The highest BCUT2D eigenvalue weighted by molar-refractivity contribution is 5.93. The summed E-state index contributed by atoms with van der Waals surface area (Å²) in [6, 6.07) is 17.3. The highest BCUT2D eigenvalue weighted by atomic mass is 16.5. The largest absolute Gasteiger partial charge is 0.497 e. The number of carbonyl (C=O) groups excluding carboxylic acids is 1. The van der Waals surface area contributed by atoms with Gasteiger partial charge in [-0.3, -0.25) is 4.79 Å². The van der Waals surface area contributed by atoms with Gasteiger partial charge in [0.1, 0.15) is 11.5 Å². The van der Waals surface area contributed by atoms with Crippen molar-refractivity contribution in [3.8, 4) is 23.6 Å². The molecule has 2 aromatic rings. The van der Waals surface area contributed by atoms with Gasteiger partial charge >= 0.3 is 0 Å². The van der Waals surface area contributed by atoms with E-state index in [0.29, 0.717) is 29.3 Å². The van der Waals surface area contributed by atoms with Crippen molar-refractivity contribution in [2.24, 2.45) is 28.6 Å². The summed E-state index contributed by atoms with van der Waals surface area (Å²) in [6.07, 6.45) is 10.5. The van der Waals surface area contributed by atoms with Crippen LogP contribution in [0.4, 0.5) is 0 Å². The number of benzene rings is 2. The van der Waals surface area contributed by atoms with Crippen molar-refractivity contribution < 1.29 is 14.3 Å². The van der Waals surface area contributed by atoms with Crippen LogP contribution in [0.3, 0.4) is 0 Å². The lowest BCUT2D eigenvalue weighted by Gasteiger charge is -2.57. The van der Waals surface area contributed by atoms with Crippen molar-refractivity contribution in [1.82, 2.24) is 4.90 Å². The lowest BCUT2D eigenvalue weighted by Crippen LogP contribution is -2.55. The third-order valence-corrected chi connectivity index (χ3v) is 10.5. The van der Waals surface area contributed by atoms with Crippen molar-refractivity contribution in [1.29, 1.82) is 10.5 Å². The topological polar surface area (TPSA) is 86.3 Å². The molecule has 4 aliphatic carbocycles. The van der Waals surface area contributed by atoms with E-state index in [9.17, 15) is 10.5 Å². The first kappa shape index (κ1) is 24.3. The van der Waals surface area contributed by atoms with Gasteiger partial charge in [-0.1, -0.05) is 24.3 Å². The number of Topliss-reactive ketones (excluding diaryl/α,β-unsaturated/α-hetero) is 1. The highest BCUT2D eigenvalue weighted by Gasteiger charge is 2.67. The predicted molar refractivity (Wildman–Crippen MR) is 145 cm³/mol. The molecule has 4 bridgehead atoms. The van der Waals surface area contributed by atoms with E-state index in [-0.39, 0.29) is 11.2 Å². The molecule has 1 saturated heterocycles. The Kier molecular flexibility index (Phi) is 5.37. The summed E-state index contributed by atoms with van der Waals surface area (Å²) in [7, 11) is 3.19. The van der Waals surface area contributed by atoms with Gasteiger partial charge in [0.2, 0.25) is 0 Å². The average Bonchev–Trinajstić information content (AvgIpc) is 3.26. The van der Waals surface area contributed by atoms with E-state index in [1.807, 2.05) is 48.7 Å². The standard InChI is InChI=1S/C33H33N3O3/c1-38-25-12-24(13-26(14-25)39-2)28-29(31(37)32-15-20-9-21(16-32)11-22(10-20)17-32)36-8-7-23-5-3-4-6-27(23)30(36)33(28,18-34)19-35/h3-8,12-14,20-22,28-30H,9-11,15-17H2,1-2H3/t20?,21?,22?,28-,29+,30-,32?/m0/s1. The van der Waals surface area contributed by atoms with Crippen LogP contribution >= 0.6 is 0 Å². The Morgan fingerprint density at radius 2 is 1.51 bits per heavy atom. The van der Waals surface area contributed by atoms with Gasteiger partial charge < -0.3 is 14.4 Å². The van der Waals surface area contributed by atoms with Crippen LogP contribution in [-0.2, 0) is 4.79 Å². The van der Waals surface area contributed by atoms with Crippen molar-refractivity contribution in [3.05, 3.63) is 65.4 Å². The summed E-state index contributed by atoms with van der Waals surface area (Å²) in [6.45, 7) is 0. The van der Waals surface area contributed by atoms with E-state index in [1.165, 1.54) is 19.3 Å². The molecule has 2 aromatic carbocycles. The first-order valence-corrected chi connectivity index (χ1v) is 14.1. The average molecular weight is 520 g/mol. The number of carbonyl (C=O) groups is 1. The second kappa shape index (κ2) is 8.62. The van der Waals surface area contributed by atoms with E-state index in [1.54, 1.807) is 20.3 Å². The Balaban J connectivity index is 1.45. The number of ketones is 1. The van der Waals surface area contributed by atoms with Gasteiger partial charge in [-0.25, -0.2) is 0 Å². The van der Waals surface area contributed by atoms with Gasteiger partial charge in [0, 0.05) is 23.6 Å². The third-order valence-electron chi connectivity index (χ3n) is 10.5. The fourth-order valence-electron chi connectivity index (χ4n) is 9.40. The van der Waals surface area contributed by atoms with E-state index in [4.69, 9.17) is 9.47 Å². The van der Waals surface area contributed by atoms with Crippen LogP contribution in [0.15, 0.2) is 48.7 Å². The Bertz CT molecular complexity index is 1390. The molecule has 0 radical (unpaired) electrons. The molecule has 2 heterocycles. The van der Waals surface area contributed by atoms with Crippen molar-refractivity contribution in [3.63, 3.8) is 0 Å². The summed E-state index contributed by atoms with van der Waals surface area (Å²) in [5.74, 6) is 2.55. The molecule has 8 rings (SSSR count). The normalized spacial score (nSPS) is 34.5. The fraction of sp³-hybridized carbons (Fsp3) is 0.485. The molecule has 0 amide bonds. The predicted octanol–water partition coefficient (Wildman–Crippen LogP) is 6.02. The number of hydrogen-bond donors (Lipinski definition) is 0. The summed E-state index contributed by atoms with van der Waals surface area (Å²) >= 11 is 0. The minimum Gasteiger partial charge on any atom is -0.497 e. The van der Waals surface area contributed by atoms with Crippen molar-refractivity contribution in [2.45, 2.75) is 56.5 Å². The van der Waals surface area contributed by atoms with Gasteiger partial charge in [-0.05, 0) is 91.2 Å². The van der Waals surface area contributed by atoms with Gasteiger partial charge in [-0.2, -0.15) is 10.5 Å². The van der Waals surface area contributed by atoms with E-state index < -0.39 is 23.4 Å². The maximum absolute atomic E-state index is 15.1. The molecule has 0 spiro atoms. The molecule has 3 atom stereocenters. The van der Waals surface area contributed by atoms with Gasteiger partial charge in [-0.15, -0.1) is 0 Å². The molecule has 0 N–H and O–H groups in total. The number of fused-ring (bicyclic) bond motifs is 3. The zero-order chi connectivity index (χ0) is 26.9. The van der Waals surface area contributed by atoms with Crippen molar-refractivity contribution >= 4 is 11.9 Å². The van der Waals surface area contributed by atoms with E-state index in [0.717, 1.165) is 36.0 Å². The molecule has 39 heavy (non-hydrogen) atoms. The second-order valence-corrected chi connectivity index (χ2v) is 12.5. The smallest absolute Gasteiger partial charge is 0.177 e. The molecule has 2 aliphatic heterocycles. The van der Waals surface area contributed by atoms with Gasteiger partial charge in [0.15, 0.2) is 11.2 Å². The first-order chi connectivity index (χ1) is 18.9. The fourth-order valence-corrected chi connectivity index (χ4v) is 9.40. The molecule has 5 fully saturated rings. The molecule has 0 aromatic heterocycles. The number of ether oxygens (including phenoxy) is 2. The van der Waals surface area contributed by atoms with Crippen LogP contribution in [-0.4, -0.2) is 30.9 Å². The van der Waals surface area contributed by atoms with Crippen LogP contribution < -0.4 is 9.47 Å². The van der Waals surface area contributed by atoms with Gasteiger partial charge in [0.25, 0.3) is 0 Å². The van der Waals surface area contributed by atoms with Crippen molar-refractivity contribution in [2.75, 3.05) is 14.2 Å². The molecule has 6 heteroatoms. The molecular weight excluding hydrogens is 486 g/mol. The number of rotatable bonds is 5. The molecule has 198 valence electrons. The summed E-state index contributed by atoms with van der Waals surface area (Å²) in [4.78, 5) is 17.2. The monoisotopic (exact) mass is 519 g/mol. The van der Waals surface area contributed by atoms with Crippen LogP contribution in [0.25, 0.3) is 6.08 Å². The summed E-state index contributed by atoms with van der Waals surface area (Å²) in [5.41, 5.74) is 0.776. The van der Waals surface area contributed by atoms with E-state index in [2.05, 4.69) is 17.0 Å². The Labute approximate surface area is 229 Å². The zero-order valence-corrected chi connectivity index (χ0v) is 22.5. The zero-order valence-electron chi connectivity index (χ0n) is 22.5. The maximum atomic E-state index is 15.1. The third kappa shape index (κ3) is 3.34. The van der Waals surface area contributed by atoms with Crippen LogP contribution in [0, 0.1) is 51.2 Å². The Morgan fingerprint density at radius 1 is 0.923 bits per heavy atom. The molecule has 6 nitrogen and oxygen atoms in total. The lowest BCUT2D eigenvalue weighted by atomic mass is 9.47. The number of hydrogen-bond acceptors (Lipinski definition) is 6. The highest BCUT2D eigenvalue weighted by Crippen LogP contribution is 2.65. The molecule has 0 unspecified atom stereocenters. The number of nitrogens with zero attached hydrogens (tertiary/aromatic N) is 3. The minimum atomic E-state index is -1.49. The molecule has 4 saturated carbocycles.